The van der Waals surface area contributed by atoms with Crippen LogP contribution in [0.4, 0.5) is 4.39 Å². The highest BCUT2D eigenvalue weighted by Gasteiger charge is 2.04. The molecule has 13 heavy (non-hydrogen) atoms. The Bertz CT molecular complexity index is 329. The van der Waals surface area contributed by atoms with Gasteiger partial charge in [0.2, 0.25) is 5.95 Å². The van der Waals surface area contributed by atoms with Crippen molar-refractivity contribution in [2.75, 3.05) is 0 Å². The Labute approximate surface area is 78.3 Å². The first kappa shape index (κ1) is 9.90. The molecule has 2 heteroatoms. The highest BCUT2D eigenvalue weighted by Crippen LogP contribution is 2.17. The van der Waals surface area contributed by atoms with E-state index < -0.39 is 0 Å². The van der Waals surface area contributed by atoms with Gasteiger partial charge in [0, 0.05) is 11.8 Å². The minimum absolute atomic E-state index is 0.382. The third-order valence-electron chi connectivity index (χ3n) is 1.91. The van der Waals surface area contributed by atoms with Crippen LogP contribution in [0, 0.1) is 12.9 Å². The van der Waals surface area contributed by atoms with Crippen molar-refractivity contribution in [3.63, 3.8) is 0 Å². The summed E-state index contributed by atoms with van der Waals surface area (Å²) in [6, 6.07) is 1.82. The predicted octanol–water partition coefficient (Wildman–Crippen LogP) is 3.34. The van der Waals surface area contributed by atoms with E-state index in [0.29, 0.717) is 5.56 Å². The third kappa shape index (κ3) is 2.38. The van der Waals surface area contributed by atoms with Gasteiger partial charge in [-0.3, -0.25) is 0 Å². The van der Waals surface area contributed by atoms with Crippen LogP contribution in [0.3, 0.4) is 0 Å². The number of halogens is 1. The molecule has 0 amide bonds. The molecular formula is C11H14FN. The summed E-state index contributed by atoms with van der Waals surface area (Å²) in [4.78, 5) is 3.67. The average Bonchev–Trinajstić information content (AvgIpc) is 2.09. The van der Waals surface area contributed by atoms with Gasteiger partial charge < -0.3 is 0 Å². The molecule has 0 aromatic carbocycles. The molecule has 0 aliphatic carbocycles. The number of hydrogen-bond donors (Lipinski definition) is 0. The fraction of sp³-hybridized carbons (Fsp3) is 0.364. The molecule has 70 valence electrons. The Morgan fingerprint density at radius 2 is 2.31 bits per heavy atom. The normalized spacial score (nSPS) is 11.8. The van der Waals surface area contributed by atoms with Gasteiger partial charge in [0.25, 0.3) is 0 Å². The van der Waals surface area contributed by atoms with E-state index in [4.69, 9.17) is 0 Å². The molecule has 0 atom stereocenters. The number of hydrogen-bond acceptors (Lipinski definition) is 1. The number of rotatable bonds is 2. The van der Waals surface area contributed by atoms with Crippen molar-refractivity contribution in [3.05, 3.63) is 35.4 Å². The number of nitrogens with zero attached hydrogens (tertiary/aromatic N) is 1. The van der Waals surface area contributed by atoms with Gasteiger partial charge in [-0.1, -0.05) is 13.0 Å². The summed E-state index contributed by atoms with van der Waals surface area (Å²) in [5.41, 5.74) is 2.55. The van der Waals surface area contributed by atoms with Crippen molar-refractivity contribution in [2.24, 2.45) is 0 Å². The third-order valence-corrected chi connectivity index (χ3v) is 1.91. The average molecular weight is 179 g/mol. The molecule has 0 aliphatic heterocycles. The topological polar surface area (TPSA) is 12.9 Å². The summed E-state index contributed by atoms with van der Waals surface area (Å²) in [5, 5.41) is 0. The lowest BCUT2D eigenvalue weighted by molar-refractivity contribution is 0.579. The smallest absolute Gasteiger partial charge is 0.220 e. The molecule has 0 N–H and O–H groups in total. The van der Waals surface area contributed by atoms with Gasteiger partial charge in [-0.15, -0.1) is 0 Å². The first-order valence-electron chi connectivity index (χ1n) is 4.44. The largest absolute Gasteiger partial charge is 0.228 e. The lowest BCUT2D eigenvalue weighted by atomic mass is 10.1. The molecule has 0 unspecified atom stereocenters. The second-order valence-corrected chi connectivity index (χ2v) is 3.15. The first-order chi connectivity index (χ1) is 6.15. The molecule has 1 aromatic rings. The van der Waals surface area contributed by atoms with E-state index in [0.717, 1.165) is 17.6 Å². The molecule has 0 radical (unpaired) electrons. The number of aryl methyl sites for hydroxylation is 1. The van der Waals surface area contributed by atoms with Gasteiger partial charge in [0.05, 0.1) is 0 Å². The Morgan fingerprint density at radius 3 is 2.92 bits per heavy atom. The molecule has 1 rings (SSSR count). The fourth-order valence-electron chi connectivity index (χ4n) is 1.25. The van der Waals surface area contributed by atoms with Crippen molar-refractivity contribution in [1.29, 1.82) is 0 Å². The predicted molar refractivity (Wildman–Crippen MR) is 52.9 cm³/mol. The van der Waals surface area contributed by atoms with Crippen molar-refractivity contribution in [3.8, 4) is 0 Å². The summed E-state index contributed by atoms with van der Waals surface area (Å²) >= 11 is 0. The molecule has 0 fully saturated rings. The van der Waals surface area contributed by atoms with E-state index >= 15 is 0 Å². The maximum atomic E-state index is 13.2. The SMILES string of the molecule is CC/C=C(\C)c1cc(C)cnc1F. The van der Waals surface area contributed by atoms with E-state index in [2.05, 4.69) is 4.98 Å². The van der Waals surface area contributed by atoms with Crippen LogP contribution >= 0.6 is 0 Å². The van der Waals surface area contributed by atoms with E-state index in [-0.39, 0.29) is 5.95 Å². The van der Waals surface area contributed by atoms with Gasteiger partial charge in [-0.25, -0.2) is 4.98 Å². The van der Waals surface area contributed by atoms with E-state index in [1.807, 2.05) is 32.9 Å². The van der Waals surface area contributed by atoms with Crippen LogP contribution in [0.25, 0.3) is 5.57 Å². The molecule has 1 nitrogen and oxygen atoms in total. The first-order valence-corrected chi connectivity index (χ1v) is 4.44. The maximum Gasteiger partial charge on any atom is 0.220 e. The molecule has 0 saturated carbocycles. The number of allylic oxidation sites excluding steroid dienone is 2. The molecule has 0 spiro atoms. The quantitative estimate of drug-likeness (QED) is 0.634. The molecule has 0 bridgehead atoms. The summed E-state index contributed by atoms with van der Waals surface area (Å²) in [6.07, 6.45) is 4.46. The highest BCUT2D eigenvalue weighted by atomic mass is 19.1. The van der Waals surface area contributed by atoms with Gasteiger partial charge in [-0.05, 0) is 37.5 Å². The zero-order chi connectivity index (χ0) is 9.84. The summed E-state index contributed by atoms with van der Waals surface area (Å²) in [7, 11) is 0. The van der Waals surface area contributed by atoms with Crippen LogP contribution in [0.1, 0.15) is 31.4 Å². The highest BCUT2D eigenvalue weighted by molar-refractivity contribution is 5.63. The summed E-state index contributed by atoms with van der Waals surface area (Å²) < 4.78 is 13.2. The lowest BCUT2D eigenvalue weighted by Gasteiger charge is -2.03. The van der Waals surface area contributed by atoms with E-state index in [1.165, 1.54) is 6.20 Å². The number of pyridine rings is 1. The molecule has 0 saturated heterocycles. The van der Waals surface area contributed by atoms with Crippen LogP contribution in [0.15, 0.2) is 18.3 Å². The lowest BCUT2D eigenvalue weighted by Crippen LogP contribution is -1.92. The molecule has 1 heterocycles. The van der Waals surface area contributed by atoms with Crippen LogP contribution in [0.5, 0.6) is 0 Å². The Morgan fingerprint density at radius 1 is 1.62 bits per heavy atom. The second-order valence-electron chi connectivity index (χ2n) is 3.15. The maximum absolute atomic E-state index is 13.2. The zero-order valence-electron chi connectivity index (χ0n) is 8.26. The van der Waals surface area contributed by atoms with Gasteiger partial charge in [0.1, 0.15) is 0 Å². The minimum atomic E-state index is -0.382. The van der Waals surface area contributed by atoms with Crippen molar-refractivity contribution < 1.29 is 4.39 Å². The van der Waals surface area contributed by atoms with Gasteiger partial charge >= 0.3 is 0 Å². The summed E-state index contributed by atoms with van der Waals surface area (Å²) in [6.45, 7) is 5.85. The summed E-state index contributed by atoms with van der Waals surface area (Å²) in [5.74, 6) is -0.382. The molecule has 1 aromatic heterocycles. The van der Waals surface area contributed by atoms with Crippen molar-refractivity contribution >= 4 is 5.57 Å². The minimum Gasteiger partial charge on any atom is -0.228 e. The van der Waals surface area contributed by atoms with Crippen LogP contribution in [-0.4, -0.2) is 4.98 Å². The van der Waals surface area contributed by atoms with Crippen molar-refractivity contribution in [1.82, 2.24) is 4.98 Å². The second kappa shape index (κ2) is 4.17. The Kier molecular flexibility index (Phi) is 3.18. The Hall–Kier alpha value is -1.18. The van der Waals surface area contributed by atoms with E-state index in [9.17, 15) is 4.39 Å². The van der Waals surface area contributed by atoms with Crippen LogP contribution < -0.4 is 0 Å². The zero-order valence-corrected chi connectivity index (χ0v) is 8.26. The fourth-order valence-corrected chi connectivity index (χ4v) is 1.25. The standard InChI is InChI=1S/C11H14FN/c1-4-5-9(3)10-6-8(2)7-13-11(10)12/h5-7H,4H2,1-3H3/b9-5+. The van der Waals surface area contributed by atoms with Gasteiger partial charge in [-0.2, -0.15) is 4.39 Å². The monoisotopic (exact) mass is 179 g/mol. The number of aromatic nitrogens is 1. The van der Waals surface area contributed by atoms with Gasteiger partial charge in [0.15, 0.2) is 0 Å². The van der Waals surface area contributed by atoms with Crippen LogP contribution in [0.2, 0.25) is 0 Å². The van der Waals surface area contributed by atoms with E-state index in [1.54, 1.807) is 0 Å². The molecular weight excluding hydrogens is 165 g/mol. The Balaban J connectivity index is 3.13. The molecule has 0 aliphatic rings. The van der Waals surface area contributed by atoms with Crippen LogP contribution in [-0.2, 0) is 0 Å². The van der Waals surface area contributed by atoms with Crippen molar-refractivity contribution in [2.45, 2.75) is 27.2 Å².